The Bertz CT molecular complexity index is 1060. The molecule has 152 valence electrons. The van der Waals surface area contributed by atoms with Crippen LogP contribution in [-0.2, 0) is 26.1 Å². The lowest BCUT2D eigenvalue weighted by molar-refractivity contribution is -0.130. The fourth-order valence-electron chi connectivity index (χ4n) is 3.66. The molecule has 2 aromatic rings. The maximum Gasteiger partial charge on any atom is 0.263 e. The van der Waals surface area contributed by atoms with Gasteiger partial charge in [-0.3, -0.25) is 14.2 Å². The Balaban J connectivity index is 1.76. The van der Waals surface area contributed by atoms with E-state index in [1.165, 1.54) is 26.5 Å². The monoisotopic (exact) mass is 426 g/mol. The van der Waals surface area contributed by atoms with E-state index in [0.717, 1.165) is 12.8 Å². The summed E-state index contributed by atoms with van der Waals surface area (Å²) < 4.78 is 34.2. The number of carbonyl (C=O) groups is 1. The molecule has 4 heterocycles. The van der Waals surface area contributed by atoms with Crippen LogP contribution in [0.3, 0.4) is 0 Å². The number of hydrogen-bond acceptors (Lipinski definition) is 7. The summed E-state index contributed by atoms with van der Waals surface area (Å²) in [5.74, 6) is -0.148. The van der Waals surface area contributed by atoms with E-state index in [2.05, 4.69) is 4.98 Å². The highest BCUT2D eigenvalue weighted by atomic mass is 32.2. The quantitative estimate of drug-likeness (QED) is 0.702. The average Bonchev–Trinajstić information content (AvgIpc) is 3.33. The fraction of sp³-hybridized carbons (Fsp3) is 0.588. The number of morpholine rings is 1. The van der Waals surface area contributed by atoms with Gasteiger partial charge in [0, 0.05) is 31.1 Å². The molecule has 0 saturated carbocycles. The molecular weight excluding hydrogens is 404 g/mol. The Labute approximate surface area is 166 Å². The van der Waals surface area contributed by atoms with Crippen molar-refractivity contribution in [3.05, 3.63) is 21.6 Å². The maximum atomic E-state index is 13.2. The summed E-state index contributed by atoms with van der Waals surface area (Å²) in [6, 6.07) is 0. The normalized spacial score (nSPS) is 18.8. The van der Waals surface area contributed by atoms with Gasteiger partial charge in [0.1, 0.15) is 16.3 Å². The van der Waals surface area contributed by atoms with Crippen molar-refractivity contribution in [3.63, 3.8) is 0 Å². The van der Waals surface area contributed by atoms with Crippen molar-refractivity contribution >= 4 is 37.5 Å². The van der Waals surface area contributed by atoms with E-state index in [1.54, 1.807) is 11.8 Å². The third-order valence-electron chi connectivity index (χ3n) is 5.13. The summed E-state index contributed by atoms with van der Waals surface area (Å²) in [5.41, 5.74) is -0.492. The zero-order chi connectivity index (χ0) is 19.9. The van der Waals surface area contributed by atoms with Crippen LogP contribution in [-0.4, -0.2) is 72.5 Å². The van der Waals surface area contributed by atoms with E-state index in [0.29, 0.717) is 36.0 Å². The van der Waals surface area contributed by atoms with Gasteiger partial charge in [-0.1, -0.05) is 0 Å². The Hall–Kier alpha value is -1.82. The van der Waals surface area contributed by atoms with Crippen molar-refractivity contribution in [2.24, 2.45) is 0 Å². The SMILES string of the molecule is Cc1sc2ncn(CC(=O)N3CCCC3)c(=O)c2c1S(=O)(=O)N1CCOCC1. The van der Waals surface area contributed by atoms with E-state index in [9.17, 15) is 18.0 Å². The summed E-state index contributed by atoms with van der Waals surface area (Å²) in [7, 11) is -3.84. The van der Waals surface area contributed by atoms with Crippen LogP contribution >= 0.6 is 11.3 Å². The average molecular weight is 427 g/mol. The molecule has 9 nitrogen and oxygen atoms in total. The Morgan fingerprint density at radius 1 is 1.21 bits per heavy atom. The van der Waals surface area contributed by atoms with Gasteiger partial charge in [-0.2, -0.15) is 4.31 Å². The van der Waals surface area contributed by atoms with Crippen LogP contribution in [0.15, 0.2) is 16.0 Å². The van der Waals surface area contributed by atoms with Gasteiger partial charge < -0.3 is 9.64 Å². The molecule has 0 bridgehead atoms. The molecule has 0 atom stereocenters. The molecule has 28 heavy (non-hydrogen) atoms. The van der Waals surface area contributed by atoms with Crippen molar-refractivity contribution in [2.45, 2.75) is 31.2 Å². The minimum atomic E-state index is -3.84. The molecule has 4 rings (SSSR count). The van der Waals surface area contributed by atoms with Crippen molar-refractivity contribution in [2.75, 3.05) is 39.4 Å². The molecule has 0 radical (unpaired) electrons. The molecule has 0 N–H and O–H groups in total. The van der Waals surface area contributed by atoms with Crippen molar-refractivity contribution in [1.82, 2.24) is 18.8 Å². The number of thiophene rings is 1. The smallest absolute Gasteiger partial charge is 0.263 e. The van der Waals surface area contributed by atoms with Crippen LogP contribution < -0.4 is 5.56 Å². The molecule has 2 fully saturated rings. The lowest BCUT2D eigenvalue weighted by Crippen LogP contribution is -2.41. The Kier molecular flexibility index (Phi) is 5.25. The molecule has 2 aliphatic rings. The van der Waals surface area contributed by atoms with Gasteiger partial charge in [-0.15, -0.1) is 11.3 Å². The van der Waals surface area contributed by atoms with Gasteiger partial charge in [0.25, 0.3) is 5.56 Å². The number of aryl methyl sites for hydroxylation is 1. The first-order valence-electron chi connectivity index (χ1n) is 9.24. The van der Waals surface area contributed by atoms with E-state index in [1.807, 2.05) is 0 Å². The number of ether oxygens (including phenoxy) is 1. The lowest BCUT2D eigenvalue weighted by Gasteiger charge is -2.26. The number of likely N-dealkylation sites (tertiary alicyclic amines) is 1. The zero-order valence-corrected chi connectivity index (χ0v) is 17.2. The second kappa shape index (κ2) is 7.54. The van der Waals surface area contributed by atoms with Gasteiger partial charge in [-0.25, -0.2) is 13.4 Å². The molecular formula is C17H22N4O5S2. The van der Waals surface area contributed by atoms with Crippen LogP contribution in [0.2, 0.25) is 0 Å². The molecule has 0 spiro atoms. The third-order valence-corrected chi connectivity index (χ3v) is 8.35. The van der Waals surface area contributed by atoms with Crippen LogP contribution in [0.5, 0.6) is 0 Å². The second-order valence-corrected chi connectivity index (χ2v) is 10.0. The summed E-state index contributed by atoms with van der Waals surface area (Å²) in [5, 5.41) is 0.0747. The molecule has 11 heteroatoms. The van der Waals surface area contributed by atoms with E-state index >= 15 is 0 Å². The number of amides is 1. The first-order valence-corrected chi connectivity index (χ1v) is 11.5. The van der Waals surface area contributed by atoms with Gasteiger partial charge in [0.15, 0.2) is 0 Å². The molecule has 0 aliphatic carbocycles. The third kappa shape index (κ3) is 3.36. The van der Waals surface area contributed by atoms with Gasteiger partial charge in [0.05, 0.1) is 24.9 Å². The molecule has 2 saturated heterocycles. The molecule has 1 amide bonds. The van der Waals surface area contributed by atoms with Crippen molar-refractivity contribution < 1.29 is 17.9 Å². The zero-order valence-electron chi connectivity index (χ0n) is 15.6. The van der Waals surface area contributed by atoms with E-state index < -0.39 is 15.6 Å². The number of hydrogen-bond donors (Lipinski definition) is 0. The predicted molar refractivity (Wildman–Crippen MR) is 104 cm³/mol. The number of rotatable bonds is 4. The topological polar surface area (TPSA) is 102 Å². The van der Waals surface area contributed by atoms with Crippen LogP contribution in [0, 0.1) is 6.92 Å². The lowest BCUT2D eigenvalue weighted by atomic mass is 10.3. The van der Waals surface area contributed by atoms with E-state index in [-0.39, 0.29) is 35.8 Å². The number of fused-ring (bicyclic) bond motifs is 1. The minimum Gasteiger partial charge on any atom is -0.379 e. The summed E-state index contributed by atoms with van der Waals surface area (Å²) in [4.78, 5) is 32.4. The van der Waals surface area contributed by atoms with Crippen LogP contribution in [0.4, 0.5) is 0 Å². The minimum absolute atomic E-state index is 0.00914. The summed E-state index contributed by atoms with van der Waals surface area (Å²) >= 11 is 1.18. The highest BCUT2D eigenvalue weighted by Crippen LogP contribution is 2.33. The summed E-state index contributed by atoms with van der Waals surface area (Å²) in [6.07, 6.45) is 3.26. The first-order chi connectivity index (χ1) is 13.4. The predicted octanol–water partition coefficient (Wildman–Crippen LogP) is 0.410. The molecule has 2 aromatic heterocycles. The maximum absolute atomic E-state index is 13.2. The molecule has 0 aromatic carbocycles. The van der Waals surface area contributed by atoms with Gasteiger partial charge >= 0.3 is 0 Å². The van der Waals surface area contributed by atoms with Crippen molar-refractivity contribution in [1.29, 1.82) is 0 Å². The highest BCUT2D eigenvalue weighted by Gasteiger charge is 2.33. The standard InChI is InChI=1S/C17H22N4O5S2/c1-12-15(28(24,25)21-6-8-26-9-7-21)14-16(27-12)18-11-20(17(14)23)10-13(22)19-4-2-3-5-19/h11H,2-10H2,1H3. The fourth-order valence-corrected chi connectivity index (χ4v) is 6.74. The first kappa shape index (κ1) is 19.5. The summed E-state index contributed by atoms with van der Waals surface area (Å²) in [6.45, 7) is 4.09. The largest absolute Gasteiger partial charge is 0.379 e. The number of nitrogens with zero attached hydrogens (tertiary/aromatic N) is 4. The van der Waals surface area contributed by atoms with Crippen LogP contribution in [0.1, 0.15) is 17.7 Å². The molecule has 2 aliphatic heterocycles. The van der Waals surface area contributed by atoms with E-state index in [4.69, 9.17) is 4.74 Å². The Morgan fingerprint density at radius 3 is 2.57 bits per heavy atom. The highest BCUT2D eigenvalue weighted by molar-refractivity contribution is 7.89. The number of aromatic nitrogens is 2. The molecule has 0 unspecified atom stereocenters. The van der Waals surface area contributed by atoms with Crippen molar-refractivity contribution in [3.8, 4) is 0 Å². The van der Waals surface area contributed by atoms with Gasteiger partial charge in [-0.05, 0) is 19.8 Å². The number of carbonyl (C=O) groups excluding carboxylic acids is 1. The van der Waals surface area contributed by atoms with Gasteiger partial charge in [0.2, 0.25) is 15.9 Å². The second-order valence-electron chi connectivity index (χ2n) is 6.95. The number of sulfonamides is 1. The van der Waals surface area contributed by atoms with Crippen LogP contribution in [0.25, 0.3) is 10.2 Å². The Morgan fingerprint density at radius 2 is 1.89 bits per heavy atom.